The number of carbonyl (C=O) groups excluding carboxylic acids is 1. The molecule has 5 atom stereocenters. The molecule has 0 aromatic rings. The molecule has 3 heteroatoms. The van der Waals surface area contributed by atoms with Crippen LogP contribution in [0.4, 0.5) is 0 Å². The van der Waals surface area contributed by atoms with Crippen molar-refractivity contribution in [3.8, 4) is 0 Å². The molecule has 3 saturated heterocycles. The highest BCUT2D eigenvalue weighted by atomic mass is 16.2. The summed E-state index contributed by atoms with van der Waals surface area (Å²) in [4.78, 5) is 14.9. The minimum Gasteiger partial charge on any atom is -0.337 e. The molecular weight excluding hydrogens is 212 g/mol. The molecule has 3 heterocycles. The summed E-state index contributed by atoms with van der Waals surface area (Å²) in [5, 5.41) is 3.58. The Morgan fingerprint density at radius 3 is 2.35 bits per heavy atom. The summed E-state index contributed by atoms with van der Waals surface area (Å²) in [6.07, 6.45) is 7.21. The molecule has 17 heavy (non-hydrogen) atoms. The lowest BCUT2D eigenvalue weighted by Gasteiger charge is -2.41. The minimum absolute atomic E-state index is 0.275. The first-order chi connectivity index (χ1) is 8.16. The number of piperidine rings is 1. The predicted octanol–water partition coefficient (Wildman–Crippen LogP) is 1.92. The first kappa shape index (κ1) is 11.5. The van der Waals surface area contributed by atoms with Gasteiger partial charge in [0.2, 0.25) is 5.91 Å². The highest BCUT2D eigenvalue weighted by molar-refractivity contribution is 5.81. The molecule has 2 bridgehead atoms. The van der Waals surface area contributed by atoms with E-state index in [9.17, 15) is 4.79 Å². The average Bonchev–Trinajstić information content (AvgIpc) is 2.90. The number of hydrogen-bond donors (Lipinski definition) is 1. The van der Waals surface area contributed by atoms with Crippen molar-refractivity contribution in [3.63, 3.8) is 0 Å². The van der Waals surface area contributed by atoms with Crippen molar-refractivity contribution < 1.29 is 4.79 Å². The van der Waals surface area contributed by atoms with Crippen LogP contribution in [0.3, 0.4) is 0 Å². The summed E-state index contributed by atoms with van der Waals surface area (Å²) in [6, 6.07) is 2.01. The molecule has 0 radical (unpaired) electrons. The number of fused-ring (bicyclic) bond motifs is 2. The number of hydrogen-bond acceptors (Lipinski definition) is 2. The SMILES string of the molecule is C[C@@H]1CCC[C@H](C)N1C(=O)C1CC2CCC1N2. The molecule has 3 aliphatic rings. The Hall–Kier alpha value is -0.570. The van der Waals surface area contributed by atoms with E-state index < -0.39 is 0 Å². The smallest absolute Gasteiger partial charge is 0.227 e. The van der Waals surface area contributed by atoms with Crippen molar-refractivity contribution in [3.05, 3.63) is 0 Å². The molecule has 3 fully saturated rings. The van der Waals surface area contributed by atoms with Crippen LogP contribution < -0.4 is 5.32 Å². The molecule has 0 spiro atoms. The highest BCUT2D eigenvalue weighted by Crippen LogP contribution is 2.36. The average molecular weight is 236 g/mol. The van der Waals surface area contributed by atoms with Crippen molar-refractivity contribution in [2.75, 3.05) is 0 Å². The molecule has 96 valence electrons. The van der Waals surface area contributed by atoms with Crippen LogP contribution in [0, 0.1) is 5.92 Å². The number of nitrogens with one attached hydrogen (secondary N) is 1. The summed E-state index contributed by atoms with van der Waals surface area (Å²) in [5.74, 6) is 0.709. The van der Waals surface area contributed by atoms with Gasteiger partial charge in [-0.15, -0.1) is 0 Å². The second kappa shape index (κ2) is 4.27. The zero-order valence-electron chi connectivity index (χ0n) is 11.0. The van der Waals surface area contributed by atoms with E-state index >= 15 is 0 Å². The van der Waals surface area contributed by atoms with Gasteiger partial charge in [-0.05, 0) is 52.4 Å². The standard InChI is InChI=1S/C14H24N2O/c1-9-4-3-5-10(2)16(9)14(17)12-8-11-6-7-13(12)15-11/h9-13,15H,3-8H2,1-2H3/t9-,10+,11?,12?,13?. The third kappa shape index (κ3) is 1.88. The van der Waals surface area contributed by atoms with Crippen LogP contribution >= 0.6 is 0 Å². The van der Waals surface area contributed by atoms with E-state index in [4.69, 9.17) is 0 Å². The summed E-state index contributed by atoms with van der Waals surface area (Å²) in [5.41, 5.74) is 0. The number of likely N-dealkylation sites (tertiary alicyclic amines) is 1. The van der Waals surface area contributed by atoms with Crippen LogP contribution in [-0.4, -0.2) is 35.0 Å². The van der Waals surface area contributed by atoms with Crippen LogP contribution in [0.15, 0.2) is 0 Å². The van der Waals surface area contributed by atoms with Gasteiger partial charge in [0.1, 0.15) is 0 Å². The maximum atomic E-state index is 12.7. The Bertz CT molecular complexity index is 307. The van der Waals surface area contributed by atoms with E-state index in [0.717, 1.165) is 6.42 Å². The van der Waals surface area contributed by atoms with Crippen molar-refractivity contribution in [1.82, 2.24) is 10.2 Å². The molecule has 3 rings (SSSR count). The van der Waals surface area contributed by atoms with Gasteiger partial charge in [-0.25, -0.2) is 0 Å². The lowest BCUT2D eigenvalue weighted by Crippen LogP contribution is -2.51. The molecule has 3 unspecified atom stereocenters. The third-order valence-electron chi connectivity index (χ3n) is 5.07. The molecular formula is C14H24N2O. The van der Waals surface area contributed by atoms with Crippen LogP contribution in [0.2, 0.25) is 0 Å². The van der Waals surface area contributed by atoms with Gasteiger partial charge in [0.25, 0.3) is 0 Å². The Kier molecular flexibility index (Phi) is 2.89. The fraction of sp³-hybridized carbons (Fsp3) is 0.929. The molecule has 1 amide bonds. The summed E-state index contributed by atoms with van der Waals surface area (Å²) in [7, 11) is 0. The van der Waals surface area contributed by atoms with Gasteiger partial charge >= 0.3 is 0 Å². The molecule has 0 aromatic heterocycles. The van der Waals surface area contributed by atoms with Crippen LogP contribution in [0.25, 0.3) is 0 Å². The van der Waals surface area contributed by atoms with E-state index in [1.165, 1.54) is 32.1 Å². The second-order valence-corrected chi connectivity index (χ2v) is 6.26. The van der Waals surface area contributed by atoms with Crippen LogP contribution in [-0.2, 0) is 4.79 Å². The molecule has 3 aliphatic heterocycles. The number of carbonyl (C=O) groups is 1. The fourth-order valence-electron chi connectivity index (χ4n) is 4.14. The third-order valence-corrected chi connectivity index (χ3v) is 5.07. The predicted molar refractivity (Wildman–Crippen MR) is 67.7 cm³/mol. The highest BCUT2D eigenvalue weighted by Gasteiger charge is 2.45. The van der Waals surface area contributed by atoms with Gasteiger partial charge in [0, 0.05) is 24.2 Å². The molecule has 3 nitrogen and oxygen atoms in total. The first-order valence-electron chi connectivity index (χ1n) is 7.25. The molecule has 1 N–H and O–H groups in total. The Balaban J connectivity index is 1.72. The number of nitrogens with zero attached hydrogens (tertiary/aromatic N) is 1. The minimum atomic E-state index is 0.275. The van der Waals surface area contributed by atoms with E-state index in [1.54, 1.807) is 0 Å². The Morgan fingerprint density at radius 1 is 1.12 bits per heavy atom. The van der Waals surface area contributed by atoms with Crippen molar-refractivity contribution in [2.24, 2.45) is 5.92 Å². The van der Waals surface area contributed by atoms with Crippen LogP contribution in [0.5, 0.6) is 0 Å². The van der Waals surface area contributed by atoms with Gasteiger partial charge in [-0.1, -0.05) is 0 Å². The molecule has 0 aromatic carbocycles. The molecule has 0 aliphatic carbocycles. The van der Waals surface area contributed by atoms with Gasteiger partial charge in [0.05, 0.1) is 5.92 Å². The quantitative estimate of drug-likeness (QED) is 0.754. The maximum absolute atomic E-state index is 12.7. The van der Waals surface area contributed by atoms with Crippen LogP contribution in [0.1, 0.15) is 52.4 Å². The summed E-state index contributed by atoms with van der Waals surface area (Å²) >= 11 is 0. The Morgan fingerprint density at radius 2 is 1.82 bits per heavy atom. The van der Waals surface area contributed by atoms with E-state index in [0.29, 0.717) is 30.1 Å². The van der Waals surface area contributed by atoms with E-state index in [-0.39, 0.29) is 5.92 Å². The lowest BCUT2D eigenvalue weighted by atomic mass is 9.86. The van der Waals surface area contributed by atoms with Gasteiger partial charge in [-0.2, -0.15) is 0 Å². The second-order valence-electron chi connectivity index (χ2n) is 6.26. The molecule has 0 saturated carbocycles. The normalized spacial score (nSPS) is 45.3. The van der Waals surface area contributed by atoms with Gasteiger partial charge in [-0.3, -0.25) is 4.79 Å². The monoisotopic (exact) mass is 236 g/mol. The fourth-order valence-corrected chi connectivity index (χ4v) is 4.14. The van der Waals surface area contributed by atoms with E-state index in [1.807, 2.05) is 0 Å². The van der Waals surface area contributed by atoms with Crippen molar-refractivity contribution in [1.29, 1.82) is 0 Å². The Labute approximate surface area is 104 Å². The first-order valence-corrected chi connectivity index (χ1v) is 7.25. The largest absolute Gasteiger partial charge is 0.337 e. The number of amides is 1. The van der Waals surface area contributed by atoms with Gasteiger partial charge in [0.15, 0.2) is 0 Å². The summed E-state index contributed by atoms with van der Waals surface area (Å²) < 4.78 is 0. The maximum Gasteiger partial charge on any atom is 0.227 e. The topological polar surface area (TPSA) is 32.3 Å². The van der Waals surface area contributed by atoms with Gasteiger partial charge < -0.3 is 10.2 Å². The number of rotatable bonds is 1. The van der Waals surface area contributed by atoms with E-state index in [2.05, 4.69) is 24.1 Å². The van der Waals surface area contributed by atoms with Crippen molar-refractivity contribution in [2.45, 2.75) is 76.5 Å². The zero-order chi connectivity index (χ0) is 12.0. The summed E-state index contributed by atoms with van der Waals surface area (Å²) in [6.45, 7) is 4.43. The lowest BCUT2D eigenvalue weighted by molar-refractivity contribution is -0.142. The zero-order valence-corrected chi connectivity index (χ0v) is 11.0. The van der Waals surface area contributed by atoms with Crippen molar-refractivity contribution >= 4 is 5.91 Å².